The third-order valence-corrected chi connectivity index (χ3v) is 8.40. The van der Waals surface area contributed by atoms with Gasteiger partial charge in [-0.2, -0.15) is 0 Å². The zero-order valence-electron chi connectivity index (χ0n) is 25.0. The molecule has 8 heteroatoms. The number of hydrogen-bond donors (Lipinski definition) is 3. The van der Waals surface area contributed by atoms with Crippen LogP contribution in [0.3, 0.4) is 0 Å². The molecule has 1 fully saturated rings. The van der Waals surface area contributed by atoms with Gasteiger partial charge in [0, 0.05) is 35.6 Å². The Kier molecular flexibility index (Phi) is 8.77. The molecule has 1 aromatic heterocycles. The van der Waals surface area contributed by atoms with Crippen LogP contribution in [0.5, 0.6) is 5.75 Å². The van der Waals surface area contributed by atoms with Crippen LogP contribution in [0, 0.1) is 0 Å². The van der Waals surface area contributed by atoms with Gasteiger partial charge in [0.05, 0.1) is 17.6 Å². The summed E-state index contributed by atoms with van der Waals surface area (Å²) in [5.41, 5.74) is 5.52. The largest absolute Gasteiger partial charge is 0.511 e. The van der Waals surface area contributed by atoms with Crippen LogP contribution < -0.4 is 15.4 Å². The Morgan fingerprint density at radius 3 is 2.55 bits per heavy atom. The number of aromatic nitrogens is 2. The molecule has 6 rings (SSSR count). The van der Waals surface area contributed by atoms with Gasteiger partial charge >= 0.3 is 6.16 Å². The van der Waals surface area contributed by atoms with Crippen LogP contribution in [-0.4, -0.2) is 39.3 Å². The van der Waals surface area contributed by atoms with Gasteiger partial charge in [0.2, 0.25) is 5.91 Å². The molecule has 44 heavy (non-hydrogen) atoms. The minimum Gasteiger partial charge on any atom is -0.449 e. The Balaban J connectivity index is 1.23. The Labute approximate surface area is 257 Å². The molecule has 0 atom stereocenters. The number of imidazole rings is 1. The highest BCUT2D eigenvalue weighted by Gasteiger charge is 2.17. The first-order chi connectivity index (χ1) is 21.5. The van der Waals surface area contributed by atoms with E-state index in [1.807, 2.05) is 60.7 Å². The topological polar surface area (TPSA) is 105 Å². The first-order valence-corrected chi connectivity index (χ1v) is 15.5. The van der Waals surface area contributed by atoms with Crippen LogP contribution in [0.25, 0.3) is 32.9 Å². The van der Waals surface area contributed by atoms with Gasteiger partial charge in [0.25, 0.3) is 0 Å². The molecule has 5 aromatic rings. The van der Waals surface area contributed by atoms with Gasteiger partial charge in [0.1, 0.15) is 11.6 Å². The average Bonchev–Trinajstić information content (AvgIpc) is 3.37. The fourth-order valence-electron chi connectivity index (χ4n) is 6.22. The van der Waals surface area contributed by atoms with Crippen LogP contribution >= 0.6 is 0 Å². The molecule has 1 aliphatic rings. The quantitative estimate of drug-likeness (QED) is 0.113. The zero-order chi connectivity index (χ0) is 30.5. The molecule has 0 saturated heterocycles. The van der Waals surface area contributed by atoms with E-state index in [0.29, 0.717) is 18.3 Å². The summed E-state index contributed by atoms with van der Waals surface area (Å²) in [7, 11) is 0. The molecule has 4 aromatic carbocycles. The number of fused-ring (bicyclic) bond motifs is 2. The van der Waals surface area contributed by atoms with Crippen LogP contribution in [-0.2, 0) is 17.8 Å². The molecule has 1 aliphatic carbocycles. The van der Waals surface area contributed by atoms with E-state index in [2.05, 4.69) is 40.3 Å². The Morgan fingerprint density at radius 1 is 0.977 bits per heavy atom. The molecule has 1 amide bonds. The van der Waals surface area contributed by atoms with Gasteiger partial charge in [-0.3, -0.25) is 4.79 Å². The van der Waals surface area contributed by atoms with E-state index in [9.17, 15) is 14.7 Å². The number of amides is 1. The molecule has 0 unspecified atom stereocenters. The normalized spacial score (nSPS) is 13.7. The number of benzene rings is 4. The SMILES string of the molecule is CCCc1nc2ccc(NCC(=O)NC3CCCCC3)cc2n1Cc1ccc(-c2ccc3ccccc3c2OC(=O)O)cc1. The number of anilines is 1. The second-order valence-corrected chi connectivity index (χ2v) is 11.6. The van der Waals surface area contributed by atoms with E-state index < -0.39 is 6.16 Å². The smallest absolute Gasteiger partial charge is 0.449 e. The summed E-state index contributed by atoms with van der Waals surface area (Å²) in [4.78, 5) is 29.1. The van der Waals surface area contributed by atoms with Crippen LogP contribution in [0.1, 0.15) is 56.8 Å². The van der Waals surface area contributed by atoms with Crippen molar-refractivity contribution in [3.63, 3.8) is 0 Å². The zero-order valence-corrected chi connectivity index (χ0v) is 25.0. The minimum absolute atomic E-state index is 0.0283. The maximum absolute atomic E-state index is 12.6. The van der Waals surface area contributed by atoms with Gasteiger partial charge in [-0.25, -0.2) is 9.78 Å². The van der Waals surface area contributed by atoms with Crippen molar-refractivity contribution in [1.82, 2.24) is 14.9 Å². The van der Waals surface area contributed by atoms with E-state index in [0.717, 1.165) is 75.7 Å². The molecule has 0 spiro atoms. The van der Waals surface area contributed by atoms with E-state index in [4.69, 9.17) is 9.72 Å². The molecular formula is C36H38N4O4. The van der Waals surface area contributed by atoms with Gasteiger partial charge in [-0.1, -0.05) is 80.8 Å². The number of hydrogen-bond acceptors (Lipinski definition) is 5. The second kappa shape index (κ2) is 13.2. The Hall–Kier alpha value is -4.85. The summed E-state index contributed by atoms with van der Waals surface area (Å²) < 4.78 is 7.52. The van der Waals surface area contributed by atoms with Crippen molar-refractivity contribution in [2.45, 2.75) is 64.5 Å². The van der Waals surface area contributed by atoms with Crippen molar-refractivity contribution in [3.8, 4) is 16.9 Å². The van der Waals surface area contributed by atoms with Gasteiger partial charge in [0.15, 0.2) is 0 Å². The lowest BCUT2D eigenvalue weighted by molar-refractivity contribution is -0.120. The fourth-order valence-corrected chi connectivity index (χ4v) is 6.22. The minimum atomic E-state index is -1.34. The van der Waals surface area contributed by atoms with Crippen molar-refractivity contribution in [2.24, 2.45) is 0 Å². The summed E-state index contributed by atoms with van der Waals surface area (Å²) in [6.45, 7) is 3.02. The Bertz CT molecular complexity index is 1790. The number of rotatable bonds is 10. The first-order valence-electron chi connectivity index (χ1n) is 15.5. The maximum atomic E-state index is 12.6. The van der Waals surface area contributed by atoms with E-state index in [-0.39, 0.29) is 12.5 Å². The number of carboxylic acid groups (broad SMARTS) is 1. The number of ether oxygens (including phenoxy) is 1. The van der Waals surface area contributed by atoms with Crippen LogP contribution in [0.2, 0.25) is 0 Å². The van der Waals surface area contributed by atoms with Gasteiger partial charge in [-0.15, -0.1) is 0 Å². The summed E-state index contributed by atoms with van der Waals surface area (Å²) in [5, 5.41) is 17.6. The van der Waals surface area contributed by atoms with Crippen molar-refractivity contribution < 1.29 is 19.4 Å². The monoisotopic (exact) mass is 590 g/mol. The van der Waals surface area contributed by atoms with Crippen molar-refractivity contribution in [2.75, 3.05) is 11.9 Å². The summed E-state index contributed by atoms with van der Waals surface area (Å²) in [6, 6.07) is 26.0. The maximum Gasteiger partial charge on any atom is 0.511 e. The number of aryl methyl sites for hydroxylation is 1. The summed E-state index contributed by atoms with van der Waals surface area (Å²) >= 11 is 0. The summed E-state index contributed by atoms with van der Waals surface area (Å²) in [6.07, 6.45) is 6.25. The highest BCUT2D eigenvalue weighted by Crippen LogP contribution is 2.37. The van der Waals surface area contributed by atoms with E-state index in [1.165, 1.54) is 19.3 Å². The lowest BCUT2D eigenvalue weighted by atomic mass is 9.95. The van der Waals surface area contributed by atoms with E-state index >= 15 is 0 Å². The standard InChI is InChI=1S/C36H38N4O4/c1-2-8-33-39-31-20-18-28(37-22-34(41)38-27-10-4-3-5-11-27)21-32(31)40(33)23-24-13-15-26(16-14-24)30-19-17-25-9-6-7-12-29(25)35(30)44-36(42)43/h6-7,9,12-21,27,37H,2-5,8,10-11,22-23H2,1H3,(H,38,41)(H,42,43). The first kappa shape index (κ1) is 29.2. The van der Waals surface area contributed by atoms with Crippen molar-refractivity contribution >= 4 is 39.6 Å². The number of carbonyl (C=O) groups excluding carboxylic acids is 1. The molecule has 226 valence electrons. The predicted octanol–water partition coefficient (Wildman–Crippen LogP) is 7.77. The molecule has 1 saturated carbocycles. The molecule has 3 N–H and O–H groups in total. The molecule has 0 radical (unpaired) electrons. The number of nitrogens with zero attached hydrogens (tertiary/aromatic N) is 2. The molecular weight excluding hydrogens is 552 g/mol. The average molecular weight is 591 g/mol. The third-order valence-electron chi connectivity index (χ3n) is 8.40. The highest BCUT2D eigenvalue weighted by molar-refractivity contribution is 5.96. The summed E-state index contributed by atoms with van der Waals surface area (Å²) in [5.74, 6) is 1.38. The third kappa shape index (κ3) is 6.54. The highest BCUT2D eigenvalue weighted by atomic mass is 16.7. The van der Waals surface area contributed by atoms with Crippen molar-refractivity contribution in [3.05, 3.63) is 90.3 Å². The molecule has 1 heterocycles. The number of carbonyl (C=O) groups is 2. The van der Waals surface area contributed by atoms with Crippen molar-refractivity contribution in [1.29, 1.82) is 0 Å². The fraction of sp³-hybridized carbons (Fsp3) is 0.306. The lowest BCUT2D eigenvalue weighted by Gasteiger charge is -2.22. The van der Waals surface area contributed by atoms with Crippen LogP contribution in [0.15, 0.2) is 78.9 Å². The Morgan fingerprint density at radius 2 is 1.77 bits per heavy atom. The second-order valence-electron chi connectivity index (χ2n) is 11.6. The molecule has 8 nitrogen and oxygen atoms in total. The van der Waals surface area contributed by atoms with Crippen LogP contribution in [0.4, 0.5) is 10.5 Å². The molecule has 0 aliphatic heterocycles. The molecule has 0 bridgehead atoms. The number of nitrogens with one attached hydrogen (secondary N) is 2. The lowest BCUT2D eigenvalue weighted by Crippen LogP contribution is -2.39. The van der Waals surface area contributed by atoms with Gasteiger partial charge in [-0.05, 0) is 60.0 Å². The van der Waals surface area contributed by atoms with E-state index in [1.54, 1.807) is 0 Å². The van der Waals surface area contributed by atoms with Gasteiger partial charge < -0.3 is 25.0 Å². The predicted molar refractivity (Wildman–Crippen MR) is 174 cm³/mol.